The summed E-state index contributed by atoms with van der Waals surface area (Å²) in [7, 11) is -15.2. The molecule has 80 heavy (non-hydrogen) atoms. The molecule has 0 aromatic carbocycles. The molecule has 0 unspecified atom stereocenters. The summed E-state index contributed by atoms with van der Waals surface area (Å²) in [6, 6.07) is 0. The van der Waals surface area contributed by atoms with Gasteiger partial charge in [-0.1, -0.05) is 0 Å². The molecule has 0 spiro atoms. The molecule has 0 fully saturated rings. The summed E-state index contributed by atoms with van der Waals surface area (Å²) in [6.07, 6.45) is 0. The predicted octanol–water partition coefficient (Wildman–Crippen LogP) is -48.1. The molecule has 0 saturated carbocycles. The van der Waals surface area contributed by atoms with Crippen LogP contribution in [0.5, 0.6) is 0 Å². The van der Waals surface area contributed by atoms with E-state index in [2.05, 4.69) is 0 Å². The predicted molar refractivity (Wildman–Crippen MR) is 459 cm³/mol. The molecule has 80 heteroatoms. The third kappa shape index (κ3) is 1340. The van der Waals surface area contributed by atoms with Crippen molar-refractivity contribution in [1.82, 2.24) is 0 Å². The molecule has 0 radical (unpaired) electrons. The Morgan fingerprint density at radius 3 is 0.0625 bits per heavy atom. The van der Waals surface area contributed by atoms with Crippen molar-refractivity contribution in [3.05, 3.63) is 0 Å². The minimum atomic E-state index is -2.17. The van der Waals surface area contributed by atoms with Crippen molar-refractivity contribution < 1.29 is 106 Å². The first-order chi connectivity index (χ1) is 12.1. The fraction of sp³-hybridized carbons (Fsp3) is 0. The van der Waals surface area contributed by atoms with Gasteiger partial charge < -0.3 is 106 Å². The molecule has 0 rings (SSSR count). The maximum absolute atomic E-state index is 7.17. The molecule has 0 aliphatic heterocycles. The van der Waals surface area contributed by atoms with Crippen LogP contribution in [-0.4, -0.2) is 1140 Å². The standard InChI is InChI=1S/7BH3O3.52Li.52H/c7*2-1(3)4;;;;;;;;;;;;;;;;;;;;;;;;;;;;;;;;;;;;;;;;;;;;;;;;;;;;;;;;;;;;;;;;;;;;;;;;;;;;;;;;;;;;;;;;;;;;;;;;;;;;;;;;/h7*2-4H;;;;;;;;;;;;;;;;;;;;;;;;;;;;;;;;;;;;;;;;;;;;;;;;;;;;;;;;;;;;;;;;;;;;;;;;;;;;;;;;;;;;;;;;;;;;;;;;;;;;;;;;. The molecule has 0 amide bonds. The number of rotatable bonds is 0. The van der Waals surface area contributed by atoms with Crippen molar-refractivity contribution in [2.45, 2.75) is 0 Å². The zero-order chi connectivity index (χ0) is 25.0. The molecule has 0 heterocycles. The molecule has 0 aliphatic rings. The first-order valence-corrected chi connectivity index (χ1v) is 5.42. The van der Waals surface area contributed by atoms with Crippen LogP contribution in [-0.2, 0) is 0 Å². The van der Waals surface area contributed by atoms with E-state index in [0.29, 0.717) is 0 Å². The van der Waals surface area contributed by atoms with Crippen LogP contribution in [0.3, 0.4) is 0 Å². The molecule has 0 aromatic heterocycles. The maximum atomic E-state index is 7.17. The first-order valence-electron chi connectivity index (χ1n) is 5.42. The molecule has 272 valence electrons. The van der Waals surface area contributed by atoms with Crippen LogP contribution in [0.1, 0.15) is 0 Å². The Morgan fingerprint density at radius 2 is 0.0625 bits per heavy atom. The van der Waals surface area contributed by atoms with Crippen LogP contribution < -0.4 is 0 Å². The van der Waals surface area contributed by atoms with Crippen molar-refractivity contribution in [1.29, 1.82) is 0 Å². The average Bonchev–Trinajstić information content (AvgIpc) is 2.20. The van der Waals surface area contributed by atoms with Crippen molar-refractivity contribution >= 4 is 1030 Å². The second-order valence-corrected chi connectivity index (χ2v) is 2.42. The summed E-state index contributed by atoms with van der Waals surface area (Å²) >= 11 is 0. The van der Waals surface area contributed by atoms with Crippen LogP contribution in [0.25, 0.3) is 0 Å². The van der Waals surface area contributed by atoms with E-state index in [9.17, 15) is 0 Å². The van der Waals surface area contributed by atoms with E-state index in [-0.39, 0.29) is 981 Å². The zero-order valence-electron chi connectivity index (χ0n) is 13.4. The molecule has 21 nitrogen and oxygen atoms in total. The van der Waals surface area contributed by atoms with Crippen LogP contribution in [0.15, 0.2) is 0 Å². The second kappa shape index (κ2) is 485. The summed E-state index contributed by atoms with van der Waals surface area (Å²) in [5.41, 5.74) is 0. The van der Waals surface area contributed by atoms with Gasteiger partial charge in [0.15, 0.2) is 0 Å². The quantitative estimate of drug-likeness (QED) is 0.101. The van der Waals surface area contributed by atoms with Gasteiger partial charge in [-0.2, -0.15) is 0 Å². The Labute approximate surface area is 1110 Å². The van der Waals surface area contributed by atoms with Gasteiger partial charge in [-0.25, -0.2) is 0 Å². The number of hydrogen-bond donors (Lipinski definition) is 21. The minimum absolute atomic E-state index is 0. The van der Waals surface area contributed by atoms with Gasteiger partial charge in [-0.15, -0.1) is 0 Å². The van der Waals surface area contributed by atoms with E-state index < -0.39 is 51.2 Å². The number of hydrogen-bond acceptors (Lipinski definition) is 21. The summed E-state index contributed by atoms with van der Waals surface area (Å²) in [5, 5.41) is 150. The molecular weight excluding hydrogens is 773 g/mol. The summed E-state index contributed by atoms with van der Waals surface area (Å²) in [6.45, 7) is 0. The SMILES string of the molecule is OB(O)O.OB(O)O.OB(O)O.OB(O)O.OB(O)O.OB(O)O.OB(O)O.[LiH].[LiH].[LiH].[LiH].[LiH].[LiH].[LiH].[LiH].[LiH].[LiH].[LiH].[LiH].[LiH].[LiH].[LiH].[LiH].[LiH].[LiH].[LiH].[LiH].[LiH].[LiH].[LiH].[LiH].[LiH].[LiH].[LiH].[LiH].[LiH].[LiH].[LiH].[LiH].[LiH].[LiH].[LiH].[LiH].[LiH].[LiH].[LiH].[LiH].[LiH].[LiH].[LiH].[LiH].[LiH].[LiH].[LiH].[LiH].[LiH].[LiH].[LiH].[LiH]. The van der Waals surface area contributed by atoms with Gasteiger partial charge in [-0.3, -0.25) is 0 Å². The third-order valence-corrected chi connectivity index (χ3v) is 0. The van der Waals surface area contributed by atoms with E-state index in [1.54, 1.807) is 0 Å². The monoisotopic (exact) mass is 851 g/mol. The van der Waals surface area contributed by atoms with E-state index in [1.165, 1.54) is 0 Å². The van der Waals surface area contributed by atoms with Crippen LogP contribution in [0, 0.1) is 0 Å². The summed E-state index contributed by atoms with van der Waals surface area (Å²) in [4.78, 5) is 0. The molecule has 0 saturated heterocycles. The van der Waals surface area contributed by atoms with Crippen LogP contribution in [0.2, 0.25) is 0 Å². The topological polar surface area (TPSA) is 425 Å². The van der Waals surface area contributed by atoms with Gasteiger partial charge in [0.25, 0.3) is 0 Å². The van der Waals surface area contributed by atoms with Gasteiger partial charge in [0, 0.05) is 0 Å². The Bertz CT molecular complexity index is 190. The summed E-state index contributed by atoms with van der Waals surface area (Å²) in [5.74, 6) is 0. The normalized spacial score (nSPS) is 2.36. The van der Waals surface area contributed by atoms with Gasteiger partial charge in [-0.05, 0) is 0 Å². The van der Waals surface area contributed by atoms with E-state index in [1.807, 2.05) is 0 Å². The van der Waals surface area contributed by atoms with E-state index in [0.717, 1.165) is 0 Å². The van der Waals surface area contributed by atoms with Crippen molar-refractivity contribution in [2.24, 2.45) is 0 Å². The second-order valence-electron chi connectivity index (χ2n) is 2.42. The van der Waals surface area contributed by atoms with E-state index >= 15 is 0 Å². The van der Waals surface area contributed by atoms with Gasteiger partial charge in [0.1, 0.15) is 0 Å². The molecule has 0 atom stereocenters. The molecule has 0 bridgehead atoms. The van der Waals surface area contributed by atoms with Gasteiger partial charge >= 0.3 is 1030 Å². The van der Waals surface area contributed by atoms with Crippen LogP contribution in [0.4, 0.5) is 0 Å². The Hall–Kier alpha value is 30.7. The van der Waals surface area contributed by atoms with Gasteiger partial charge in [0.05, 0.1) is 0 Å². The van der Waals surface area contributed by atoms with Crippen molar-refractivity contribution in [3.8, 4) is 0 Å². The fourth-order valence-electron chi connectivity index (χ4n) is 0. The fourth-order valence-corrected chi connectivity index (χ4v) is 0. The average molecular weight is 846 g/mol. The third-order valence-electron chi connectivity index (χ3n) is 0. The summed E-state index contributed by atoms with van der Waals surface area (Å²) < 4.78 is 0. The Morgan fingerprint density at radius 1 is 0.0625 bits per heavy atom. The van der Waals surface area contributed by atoms with Gasteiger partial charge in [0.2, 0.25) is 0 Å². The van der Waals surface area contributed by atoms with Crippen molar-refractivity contribution in [2.75, 3.05) is 0 Å². The Balaban J connectivity index is -0.00000000102. The molecular formula is H73B7Li52O21. The van der Waals surface area contributed by atoms with Crippen LogP contribution >= 0.6 is 0 Å². The molecule has 0 aromatic rings. The van der Waals surface area contributed by atoms with Crippen molar-refractivity contribution in [3.63, 3.8) is 0 Å². The molecule has 21 N–H and O–H groups in total. The first kappa shape index (κ1) is 499. The van der Waals surface area contributed by atoms with E-state index in [4.69, 9.17) is 106 Å². The zero-order valence-corrected chi connectivity index (χ0v) is 13.4. The Kier molecular flexibility index (Phi) is 3020. The molecule has 0 aliphatic carbocycles.